The summed E-state index contributed by atoms with van der Waals surface area (Å²) in [5.74, 6) is -1.27. The molecule has 1 unspecified atom stereocenters. The molecule has 0 aliphatic heterocycles. The van der Waals surface area contributed by atoms with E-state index in [1.165, 1.54) is 19.3 Å². The van der Waals surface area contributed by atoms with E-state index in [4.69, 9.17) is 9.84 Å². The summed E-state index contributed by atoms with van der Waals surface area (Å²) in [6.45, 7) is 0. The second kappa shape index (κ2) is 4.01. The standard InChI is InChI=1S/C8H9NO5/c1-14-5-2-3-7(9(12)13)6(4-5)8(10)11/h2-3,5H,4H2,1H3,(H,10,11). The molecule has 6 nitrogen and oxygen atoms in total. The monoisotopic (exact) mass is 199 g/mol. The van der Waals surface area contributed by atoms with Crippen molar-refractivity contribution in [3.63, 3.8) is 0 Å². The van der Waals surface area contributed by atoms with Gasteiger partial charge in [-0.25, -0.2) is 4.79 Å². The smallest absolute Gasteiger partial charge is 0.338 e. The summed E-state index contributed by atoms with van der Waals surface area (Å²) in [7, 11) is 1.42. The van der Waals surface area contributed by atoms with Crippen molar-refractivity contribution in [2.75, 3.05) is 7.11 Å². The molecule has 0 aromatic rings. The molecule has 0 bridgehead atoms. The Morgan fingerprint density at radius 1 is 1.79 bits per heavy atom. The van der Waals surface area contributed by atoms with Gasteiger partial charge in [0.05, 0.1) is 11.0 Å². The molecule has 1 N–H and O–H groups in total. The number of ether oxygens (including phenoxy) is 1. The van der Waals surface area contributed by atoms with Crippen LogP contribution in [0, 0.1) is 10.1 Å². The third kappa shape index (κ3) is 1.97. The number of allylic oxidation sites excluding steroid dienone is 1. The minimum Gasteiger partial charge on any atom is -0.478 e. The molecular weight excluding hydrogens is 190 g/mol. The first-order chi connectivity index (χ1) is 6.56. The maximum Gasteiger partial charge on any atom is 0.338 e. The zero-order chi connectivity index (χ0) is 10.7. The lowest BCUT2D eigenvalue weighted by atomic mass is 10.0. The number of carboxylic acids is 1. The third-order valence-corrected chi connectivity index (χ3v) is 1.94. The van der Waals surface area contributed by atoms with E-state index in [9.17, 15) is 14.9 Å². The second-order valence-electron chi connectivity index (χ2n) is 2.76. The van der Waals surface area contributed by atoms with Crippen LogP contribution in [0.3, 0.4) is 0 Å². The summed E-state index contributed by atoms with van der Waals surface area (Å²) in [6, 6.07) is 0. The number of hydrogen-bond donors (Lipinski definition) is 1. The largest absolute Gasteiger partial charge is 0.478 e. The lowest BCUT2D eigenvalue weighted by Gasteiger charge is -2.14. The normalized spacial score (nSPS) is 21.1. The summed E-state index contributed by atoms with van der Waals surface area (Å²) in [5.41, 5.74) is -0.588. The molecule has 0 spiro atoms. The highest BCUT2D eigenvalue weighted by Gasteiger charge is 2.28. The summed E-state index contributed by atoms with van der Waals surface area (Å²) in [4.78, 5) is 20.4. The zero-order valence-electron chi connectivity index (χ0n) is 7.47. The molecule has 0 amide bonds. The van der Waals surface area contributed by atoms with E-state index < -0.39 is 17.0 Å². The third-order valence-electron chi connectivity index (χ3n) is 1.94. The number of methoxy groups -OCH3 is 1. The number of nitro groups is 1. The topological polar surface area (TPSA) is 89.7 Å². The van der Waals surface area contributed by atoms with Gasteiger partial charge in [0, 0.05) is 19.6 Å². The number of aliphatic carboxylic acids is 1. The minimum absolute atomic E-state index is 0.0264. The average Bonchev–Trinajstić information content (AvgIpc) is 2.16. The van der Waals surface area contributed by atoms with E-state index in [1.54, 1.807) is 0 Å². The Labute approximate surface area is 79.6 Å². The van der Waals surface area contributed by atoms with Crippen LogP contribution in [0.2, 0.25) is 0 Å². The van der Waals surface area contributed by atoms with Gasteiger partial charge in [0.2, 0.25) is 0 Å². The van der Waals surface area contributed by atoms with E-state index in [1.807, 2.05) is 0 Å². The quantitative estimate of drug-likeness (QED) is 0.530. The lowest BCUT2D eigenvalue weighted by Crippen LogP contribution is -2.20. The van der Waals surface area contributed by atoms with Crippen LogP contribution >= 0.6 is 0 Å². The predicted octanol–water partition coefficient (Wildman–Crippen LogP) is 0.577. The Kier molecular flexibility index (Phi) is 2.98. The van der Waals surface area contributed by atoms with Gasteiger partial charge in [0.1, 0.15) is 5.57 Å². The highest BCUT2D eigenvalue weighted by atomic mass is 16.6. The van der Waals surface area contributed by atoms with Gasteiger partial charge in [-0.15, -0.1) is 0 Å². The summed E-state index contributed by atoms with van der Waals surface area (Å²) in [6.07, 6.45) is 2.27. The summed E-state index contributed by atoms with van der Waals surface area (Å²) >= 11 is 0. The molecule has 0 aromatic heterocycles. The molecule has 0 saturated heterocycles. The number of rotatable bonds is 3. The number of carbonyl (C=O) groups is 1. The van der Waals surface area contributed by atoms with Crippen LogP contribution in [-0.4, -0.2) is 29.2 Å². The van der Waals surface area contributed by atoms with Crippen molar-refractivity contribution >= 4 is 5.97 Å². The molecule has 14 heavy (non-hydrogen) atoms. The van der Waals surface area contributed by atoms with Crippen molar-refractivity contribution in [2.45, 2.75) is 12.5 Å². The molecular formula is C8H9NO5. The fourth-order valence-corrected chi connectivity index (χ4v) is 1.20. The van der Waals surface area contributed by atoms with Gasteiger partial charge >= 0.3 is 5.97 Å². The first-order valence-electron chi connectivity index (χ1n) is 3.88. The van der Waals surface area contributed by atoms with Crippen molar-refractivity contribution < 1.29 is 19.6 Å². The summed E-state index contributed by atoms with van der Waals surface area (Å²) in [5, 5.41) is 19.2. The maximum atomic E-state index is 10.7. The molecule has 0 heterocycles. The highest BCUT2D eigenvalue weighted by Crippen LogP contribution is 2.21. The predicted molar refractivity (Wildman–Crippen MR) is 46.2 cm³/mol. The van der Waals surface area contributed by atoms with Gasteiger partial charge in [-0.2, -0.15) is 0 Å². The molecule has 0 aromatic carbocycles. The Bertz CT molecular complexity index is 331. The molecule has 1 aliphatic carbocycles. The van der Waals surface area contributed by atoms with Crippen molar-refractivity contribution in [2.24, 2.45) is 0 Å². The molecule has 0 fully saturated rings. The Morgan fingerprint density at radius 2 is 2.43 bits per heavy atom. The van der Waals surface area contributed by atoms with Crippen molar-refractivity contribution in [1.29, 1.82) is 0 Å². The van der Waals surface area contributed by atoms with E-state index >= 15 is 0 Å². The lowest BCUT2D eigenvalue weighted by molar-refractivity contribution is -0.420. The van der Waals surface area contributed by atoms with Gasteiger partial charge in [0.25, 0.3) is 5.70 Å². The molecule has 0 saturated carbocycles. The number of nitrogens with zero attached hydrogens (tertiary/aromatic N) is 1. The highest BCUT2D eigenvalue weighted by molar-refractivity contribution is 5.88. The SMILES string of the molecule is COC1C=CC([N+](=O)[O-])=C(C(=O)O)C1. The van der Waals surface area contributed by atoms with E-state index in [0.29, 0.717) is 0 Å². The van der Waals surface area contributed by atoms with Crippen LogP contribution in [0.1, 0.15) is 6.42 Å². The molecule has 1 rings (SSSR count). The van der Waals surface area contributed by atoms with Gasteiger partial charge < -0.3 is 9.84 Å². The Morgan fingerprint density at radius 3 is 2.86 bits per heavy atom. The van der Waals surface area contributed by atoms with Gasteiger partial charge in [-0.05, 0) is 6.08 Å². The van der Waals surface area contributed by atoms with Crippen LogP contribution in [0.25, 0.3) is 0 Å². The van der Waals surface area contributed by atoms with Crippen LogP contribution in [-0.2, 0) is 9.53 Å². The molecule has 6 heteroatoms. The van der Waals surface area contributed by atoms with E-state index in [0.717, 1.165) is 0 Å². The first-order valence-corrected chi connectivity index (χ1v) is 3.88. The molecule has 76 valence electrons. The minimum atomic E-state index is -1.27. The average molecular weight is 199 g/mol. The molecule has 1 atom stereocenters. The Balaban J connectivity index is 3.03. The van der Waals surface area contributed by atoms with Gasteiger partial charge in [-0.1, -0.05) is 0 Å². The maximum absolute atomic E-state index is 10.7. The molecule has 0 radical (unpaired) electrons. The fraction of sp³-hybridized carbons (Fsp3) is 0.375. The van der Waals surface area contributed by atoms with E-state index in [2.05, 4.69) is 0 Å². The first kappa shape index (κ1) is 10.4. The second-order valence-corrected chi connectivity index (χ2v) is 2.76. The van der Waals surface area contributed by atoms with Crippen LogP contribution in [0.4, 0.5) is 0 Å². The van der Waals surface area contributed by atoms with Crippen molar-refractivity contribution in [3.8, 4) is 0 Å². The van der Waals surface area contributed by atoms with E-state index in [-0.39, 0.29) is 17.7 Å². The van der Waals surface area contributed by atoms with Crippen molar-refractivity contribution in [1.82, 2.24) is 0 Å². The van der Waals surface area contributed by atoms with Crippen LogP contribution in [0.15, 0.2) is 23.4 Å². The van der Waals surface area contributed by atoms with Crippen LogP contribution in [0.5, 0.6) is 0 Å². The Hall–Kier alpha value is -1.69. The van der Waals surface area contributed by atoms with Gasteiger partial charge in [0.15, 0.2) is 0 Å². The zero-order valence-corrected chi connectivity index (χ0v) is 7.47. The van der Waals surface area contributed by atoms with Crippen molar-refractivity contribution in [3.05, 3.63) is 33.5 Å². The molecule has 1 aliphatic rings. The number of carboxylic acid groups (broad SMARTS) is 1. The van der Waals surface area contributed by atoms with Gasteiger partial charge in [-0.3, -0.25) is 10.1 Å². The fourth-order valence-electron chi connectivity index (χ4n) is 1.20. The van der Waals surface area contributed by atoms with Crippen LogP contribution < -0.4 is 0 Å². The summed E-state index contributed by atoms with van der Waals surface area (Å²) < 4.78 is 4.89. The number of hydrogen-bond acceptors (Lipinski definition) is 4.